The maximum Gasteiger partial charge on any atom is 0.243 e. The minimum absolute atomic E-state index is 0.125. The molecule has 3 aromatic rings. The van der Waals surface area contributed by atoms with Crippen LogP contribution in [0, 0.1) is 6.92 Å². The predicted octanol–water partition coefficient (Wildman–Crippen LogP) is 1.25. The van der Waals surface area contributed by atoms with Crippen molar-refractivity contribution in [3.05, 3.63) is 41.7 Å². The van der Waals surface area contributed by atoms with Gasteiger partial charge in [-0.15, -0.1) is 5.10 Å². The van der Waals surface area contributed by atoms with Crippen LogP contribution >= 0.6 is 12.2 Å². The van der Waals surface area contributed by atoms with Gasteiger partial charge in [0.2, 0.25) is 11.6 Å². The fourth-order valence-corrected chi connectivity index (χ4v) is 2.23. The van der Waals surface area contributed by atoms with Crippen LogP contribution in [0.1, 0.15) is 18.3 Å². The maximum atomic E-state index is 5.67. The van der Waals surface area contributed by atoms with Gasteiger partial charge in [0.25, 0.3) is 0 Å². The molecule has 3 rings (SSSR count). The third-order valence-corrected chi connectivity index (χ3v) is 3.48. The first-order valence-electron chi connectivity index (χ1n) is 7.23. The summed E-state index contributed by atoms with van der Waals surface area (Å²) in [6.45, 7) is 3.59. The molecule has 0 saturated carbocycles. The molecule has 0 unspecified atom stereocenters. The van der Waals surface area contributed by atoms with E-state index in [9.17, 15) is 0 Å². The topological polar surface area (TPSA) is 132 Å². The second kappa shape index (κ2) is 7.05. The molecule has 0 radical (unpaired) electrons. The standard InChI is InChI=1S/C14H15N9OS/c1-8(17-19-14(25)16-10-6-4-3-5-7-10)11-9(2)23(22-18-11)13-12(15)20-24-21-13/h3-7H,1-2H3,(H2,15,20)(H2,16,19,25)/b17-8-. The first-order valence-corrected chi connectivity index (χ1v) is 7.64. The molecule has 0 atom stereocenters. The van der Waals surface area contributed by atoms with Crippen LogP contribution in [0.25, 0.3) is 5.82 Å². The number of aromatic nitrogens is 5. The lowest BCUT2D eigenvalue weighted by Gasteiger charge is -2.07. The molecule has 0 fully saturated rings. The van der Waals surface area contributed by atoms with Gasteiger partial charge in [0.1, 0.15) is 5.69 Å². The van der Waals surface area contributed by atoms with Gasteiger partial charge in [-0.25, -0.2) is 4.63 Å². The highest BCUT2D eigenvalue weighted by Gasteiger charge is 2.17. The second-order valence-electron chi connectivity index (χ2n) is 5.04. The van der Waals surface area contributed by atoms with E-state index in [1.54, 1.807) is 6.92 Å². The monoisotopic (exact) mass is 357 g/mol. The van der Waals surface area contributed by atoms with Gasteiger partial charge in [0.15, 0.2) is 5.11 Å². The molecule has 0 aliphatic carbocycles. The van der Waals surface area contributed by atoms with Crippen molar-refractivity contribution in [3.63, 3.8) is 0 Å². The molecule has 25 heavy (non-hydrogen) atoms. The van der Waals surface area contributed by atoms with E-state index < -0.39 is 0 Å². The lowest BCUT2D eigenvalue weighted by atomic mass is 10.2. The zero-order valence-electron chi connectivity index (χ0n) is 13.5. The molecule has 0 bridgehead atoms. The molecule has 128 valence electrons. The zero-order chi connectivity index (χ0) is 17.8. The average molecular weight is 357 g/mol. The van der Waals surface area contributed by atoms with Gasteiger partial charge in [-0.3, -0.25) is 5.43 Å². The van der Waals surface area contributed by atoms with Gasteiger partial charge in [-0.2, -0.15) is 9.78 Å². The number of thiocarbonyl (C=S) groups is 1. The number of rotatable bonds is 4. The highest BCUT2D eigenvalue weighted by molar-refractivity contribution is 7.80. The normalized spacial score (nSPS) is 11.4. The smallest absolute Gasteiger partial charge is 0.243 e. The fraction of sp³-hybridized carbons (Fsp3) is 0.143. The summed E-state index contributed by atoms with van der Waals surface area (Å²) in [5, 5.41) is 22.9. The molecule has 0 aliphatic rings. The Balaban J connectivity index is 1.72. The van der Waals surface area contributed by atoms with E-state index in [1.165, 1.54) is 4.68 Å². The third-order valence-electron chi connectivity index (χ3n) is 3.29. The first-order chi connectivity index (χ1) is 12.1. The van der Waals surface area contributed by atoms with Crippen molar-refractivity contribution in [2.75, 3.05) is 11.1 Å². The molecule has 0 spiro atoms. The summed E-state index contributed by atoms with van der Waals surface area (Å²) in [6.07, 6.45) is 0. The summed E-state index contributed by atoms with van der Waals surface area (Å²) in [5.41, 5.74) is 11.2. The van der Waals surface area contributed by atoms with E-state index >= 15 is 0 Å². The Morgan fingerprint density at radius 1 is 1.28 bits per heavy atom. The molecule has 0 aliphatic heterocycles. The van der Waals surface area contributed by atoms with Crippen LogP contribution in [-0.4, -0.2) is 36.1 Å². The van der Waals surface area contributed by atoms with Gasteiger partial charge >= 0.3 is 0 Å². The summed E-state index contributed by atoms with van der Waals surface area (Å²) in [6, 6.07) is 9.54. The molecule has 0 saturated heterocycles. The molecule has 0 amide bonds. The van der Waals surface area contributed by atoms with E-state index in [2.05, 4.69) is 41.1 Å². The first kappa shape index (κ1) is 16.5. The van der Waals surface area contributed by atoms with Gasteiger partial charge in [-0.05, 0) is 48.5 Å². The summed E-state index contributed by atoms with van der Waals surface area (Å²) < 4.78 is 6.01. The largest absolute Gasteiger partial charge is 0.378 e. The van der Waals surface area contributed by atoms with Crippen LogP contribution in [-0.2, 0) is 0 Å². The van der Waals surface area contributed by atoms with Crippen molar-refractivity contribution in [3.8, 4) is 5.82 Å². The molecule has 1 aromatic carbocycles. The van der Waals surface area contributed by atoms with Gasteiger partial charge < -0.3 is 11.1 Å². The van der Waals surface area contributed by atoms with Crippen LogP contribution in [0.15, 0.2) is 40.1 Å². The lowest BCUT2D eigenvalue weighted by molar-refractivity contribution is 0.306. The zero-order valence-corrected chi connectivity index (χ0v) is 14.3. The maximum absolute atomic E-state index is 5.67. The number of nitrogens with one attached hydrogen (secondary N) is 2. The Labute approximate surface area is 148 Å². The number of nitrogen functional groups attached to an aromatic ring is 1. The van der Waals surface area contributed by atoms with Crippen LogP contribution in [0.4, 0.5) is 11.5 Å². The molecule has 11 heteroatoms. The van der Waals surface area contributed by atoms with E-state index in [4.69, 9.17) is 18.0 Å². The highest BCUT2D eigenvalue weighted by atomic mass is 32.1. The molecule has 4 N–H and O–H groups in total. The molecule has 2 aromatic heterocycles. The van der Waals surface area contributed by atoms with E-state index in [0.29, 0.717) is 22.2 Å². The van der Waals surface area contributed by atoms with Gasteiger partial charge in [0.05, 0.1) is 11.4 Å². The fourth-order valence-electron chi connectivity index (χ4n) is 2.07. The number of anilines is 2. The second-order valence-corrected chi connectivity index (χ2v) is 5.45. The Morgan fingerprint density at radius 3 is 2.72 bits per heavy atom. The summed E-state index contributed by atoms with van der Waals surface area (Å²) >= 11 is 5.21. The number of benzene rings is 1. The van der Waals surface area contributed by atoms with Crippen LogP contribution in [0.5, 0.6) is 0 Å². The quantitative estimate of drug-likeness (QED) is 0.358. The Kier molecular flexibility index (Phi) is 4.66. The Hall–Kier alpha value is -3.34. The number of hydrogen-bond acceptors (Lipinski definition) is 8. The summed E-state index contributed by atoms with van der Waals surface area (Å²) in [4.78, 5) is 0. The molecular weight excluding hydrogens is 342 g/mol. The Bertz CT molecular complexity index is 916. The number of hydrazone groups is 1. The Morgan fingerprint density at radius 2 is 2.04 bits per heavy atom. The van der Waals surface area contributed by atoms with Crippen molar-refractivity contribution in [2.24, 2.45) is 5.10 Å². The summed E-state index contributed by atoms with van der Waals surface area (Å²) in [7, 11) is 0. The number of hydrogen-bond donors (Lipinski definition) is 3. The average Bonchev–Trinajstić information content (AvgIpc) is 3.19. The van der Waals surface area contributed by atoms with Crippen LogP contribution < -0.4 is 16.5 Å². The minimum Gasteiger partial charge on any atom is -0.378 e. The van der Waals surface area contributed by atoms with Crippen LogP contribution in [0.3, 0.4) is 0 Å². The lowest BCUT2D eigenvalue weighted by Crippen LogP contribution is -2.25. The highest BCUT2D eigenvalue weighted by Crippen LogP contribution is 2.15. The molecular formula is C14H15N9OS. The molecule has 10 nitrogen and oxygen atoms in total. The van der Waals surface area contributed by atoms with E-state index in [0.717, 1.165) is 5.69 Å². The number of nitrogens with zero attached hydrogens (tertiary/aromatic N) is 6. The predicted molar refractivity (Wildman–Crippen MR) is 96.4 cm³/mol. The summed E-state index contributed by atoms with van der Waals surface area (Å²) in [5.74, 6) is 0.402. The minimum atomic E-state index is 0.125. The van der Waals surface area contributed by atoms with Gasteiger partial charge in [0, 0.05) is 5.69 Å². The van der Waals surface area contributed by atoms with E-state index in [1.807, 2.05) is 37.3 Å². The van der Waals surface area contributed by atoms with Crippen molar-refractivity contribution in [1.82, 2.24) is 30.7 Å². The molecule has 2 heterocycles. The third kappa shape index (κ3) is 3.61. The van der Waals surface area contributed by atoms with Crippen LogP contribution in [0.2, 0.25) is 0 Å². The van der Waals surface area contributed by atoms with Crippen molar-refractivity contribution < 1.29 is 4.63 Å². The van der Waals surface area contributed by atoms with Gasteiger partial charge in [-0.1, -0.05) is 23.4 Å². The van der Waals surface area contributed by atoms with Crippen molar-refractivity contribution >= 4 is 34.5 Å². The SMILES string of the molecule is C/C(=N/NC(=S)Nc1ccccc1)c1nnn(-c2nonc2N)c1C. The van der Waals surface area contributed by atoms with Crippen molar-refractivity contribution in [2.45, 2.75) is 13.8 Å². The number of nitrogens with two attached hydrogens (primary N) is 1. The number of para-hydroxylation sites is 1. The van der Waals surface area contributed by atoms with E-state index in [-0.39, 0.29) is 11.6 Å². The van der Waals surface area contributed by atoms with Crippen molar-refractivity contribution in [1.29, 1.82) is 0 Å².